The van der Waals surface area contributed by atoms with E-state index >= 15 is 0 Å². The third-order valence-electron chi connectivity index (χ3n) is 2.85. The Hall–Kier alpha value is -0.530. The molecule has 2 heteroatoms. The van der Waals surface area contributed by atoms with Gasteiger partial charge in [0.25, 0.3) is 0 Å². The number of hydrogen-bond donors (Lipinski definition) is 1. The van der Waals surface area contributed by atoms with Crippen LogP contribution in [0.3, 0.4) is 0 Å². The highest BCUT2D eigenvalue weighted by molar-refractivity contribution is 5.81. The Morgan fingerprint density at radius 1 is 0.941 bits per heavy atom. The minimum atomic E-state index is -0.318. The molecule has 17 heavy (non-hydrogen) atoms. The van der Waals surface area contributed by atoms with Gasteiger partial charge < -0.3 is 5.32 Å². The third-order valence-corrected chi connectivity index (χ3v) is 2.85. The number of hydrogen-bond acceptors (Lipinski definition) is 1. The van der Waals surface area contributed by atoms with Gasteiger partial charge in [0.15, 0.2) is 0 Å². The summed E-state index contributed by atoms with van der Waals surface area (Å²) in [6.45, 7) is 19.1. The van der Waals surface area contributed by atoms with Crippen molar-refractivity contribution >= 4 is 5.91 Å². The Kier molecular flexibility index (Phi) is 4.84. The first-order valence-electron chi connectivity index (χ1n) is 6.54. The van der Waals surface area contributed by atoms with Crippen LogP contribution in [0.15, 0.2) is 0 Å². The fourth-order valence-corrected chi connectivity index (χ4v) is 1.56. The first kappa shape index (κ1) is 16.5. The van der Waals surface area contributed by atoms with E-state index in [1.54, 1.807) is 0 Å². The first-order valence-corrected chi connectivity index (χ1v) is 6.54. The average Bonchev–Trinajstić information content (AvgIpc) is 1.96. The average molecular weight is 241 g/mol. The number of amides is 1. The van der Waals surface area contributed by atoms with Crippen LogP contribution in [0.4, 0.5) is 0 Å². The highest BCUT2D eigenvalue weighted by atomic mass is 16.2. The molecule has 1 N–H and O–H groups in total. The van der Waals surface area contributed by atoms with Crippen LogP contribution in [0.2, 0.25) is 0 Å². The molecule has 0 aliphatic carbocycles. The SMILES string of the molecule is CC(C)(C)C[C@@H](NC(=O)C(C)(C)C)C(C)(C)C. The molecule has 0 saturated carbocycles. The van der Waals surface area contributed by atoms with Crippen LogP contribution in [-0.2, 0) is 4.79 Å². The zero-order valence-electron chi connectivity index (χ0n) is 13.2. The number of carbonyl (C=O) groups excluding carboxylic acids is 1. The Balaban J connectivity index is 4.81. The van der Waals surface area contributed by atoms with E-state index in [2.05, 4.69) is 46.9 Å². The maximum Gasteiger partial charge on any atom is 0.225 e. The predicted molar refractivity (Wildman–Crippen MR) is 74.9 cm³/mol. The maximum atomic E-state index is 12.1. The van der Waals surface area contributed by atoms with Crippen LogP contribution >= 0.6 is 0 Å². The van der Waals surface area contributed by atoms with Gasteiger partial charge >= 0.3 is 0 Å². The zero-order chi connectivity index (χ0) is 14.1. The Morgan fingerprint density at radius 3 is 1.59 bits per heavy atom. The molecule has 102 valence electrons. The first-order chi connectivity index (χ1) is 7.23. The molecule has 0 saturated heterocycles. The summed E-state index contributed by atoms with van der Waals surface area (Å²) in [5, 5.41) is 3.21. The summed E-state index contributed by atoms with van der Waals surface area (Å²) in [4.78, 5) is 12.1. The van der Waals surface area contributed by atoms with Gasteiger partial charge in [-0.05, 0) is 17.3 Å². The molecule has 0 rings (SSSR count). The lowest BCUT2D eigenvalue weighted by Gasteiger charge is -2.37. The van der Waals surface area contributed by atoms with Crippen LogP contribution in [-0.4, -0.2) is 11.9 Å². The number of rotatable bonds is 2. The molecular formula is C15H31NO. The lowest BCUT2D eigenvalue weighted by molar-refractivity contribution is -0.130. The maximum absolute atomic E-state index is 12.1. The Labute approximate surface area is 108 Å². The smallest absolute Gasteiger partial charge is 0.225 e. The number of carbonyl (C=O) groups is 1. The molecule has 0 spiro atoms. The minimum Gasteiger partial charge on any atom is -0.352 e. The van der Waals surface area contributed by atoms with E-state index in [0.717, 1.165) is 6.42 Å². The second kappa shape index (κ2) is 4.99. The third kappa shape index (κ3) is 6.70. The predicted octanol–water partition coefficient (Wildman–Crippen LogP) is 4.00. The number of nitrogens with one attached hydrogen (secondary N) is 1. The van der Waals surface area contributed by atoms with Gasteiger partial charge in [-0.2, -0.15) is 0 Å². The molecular weight excluding hydrogens is 210 g/mol. The summed E-state index contributed by atoms with van der Waals surface area (Å²) in [6.07, 6.45) is 0.998. The molecule has 0 heterocycles. The van der Waals surface area contributed by atoms with E-state index in [9.17, 15) is 4.79 Å². The van der Waals surface area contributed by atoms with Crippen LogP contribution in [0.1, 0.15) is 68.7 Å². The van der Waals surface area contributed by atoms with Crippen LogP contribution in [0.5, 0.6) is 0 Å². The summed E-state index contributed by atoms with van der Waals surface area (Å²) in [6, 6.07) is 0.217. The standard InChI is InChI=1S/C15H31NO/c1-13(2,3)10-11(14(4,5)6)16-12(17)15(7,8)9/h11H,10H2,1-9H3,(H,16,17)/t11-/m1/s1. The van der Waals surface area contributed by atoms with Crippen molar-refractivity contribution in [3.05, 3.63) is 0 Å². The highest BCUT2D eigenvalue weighted by Crippen LogP contribution is 2.31. The molecule has 0 aliphatic rings. The van der Waals surface area contributed by atoms with Gasteiger partial charge in [0.05, 0.1) is 0 Å². The molecule has 0 aliphatic heterocycles. The molecule has 0 aromatic carbocycles. The van der Waals surface area contributed by atoms with Crippen molar-refractivity contribution in [1.82, 2.24) is 5.32 Å². The molecule has 0 aromatic heterocycles. The fraction of sp³-hybridized carbons (Fsp3) is 0.933. The molecule has 0 bridgehead atoms. The molecule has 0 radical (unpaired) electrons. The van der Waals surface area contributed by atoms with Gasteiger partial charge in [-0.25, -0.2) is 0 Å². The van der Waals surface area contributed by atoms with Gasteiger partial charge in [0, 0.05) is 11.5 Å². The summed E-state index contributed by atoms with van der Waals surface area (Å²) < 4.78 is 0. The minimum absolute atomic E-state index is 0.0915. The van der Waals surface area contributed by atoms with E-state index in [-0.39, 0.29) is 28.2 Å². The van der Waals surface area contributed by atoms with E-state index in [4.69, 9.17) is 0 Å². The van der Waals surface area contributed by atoms with Crippen LogP contribution in [0, 0.1) is 16.2 Å². The van der Waals surface area contributed by atoms with E-state index in [1.807, 2.05) is 20.8 Å². The highest BCUT2D eigenvalue weighted by Gasteiger charge is 2.33. The molecule has 0 aromatic rings. The topological polar surface area (TPSA) is 29.1 Å². The van der Waals surface area contributed by atoms with Gasteiger partial charge in [-0.3, -0.25) is 4.79 Å². The second-order valence-electron chi connectivity index (χ2n) is 8.41. The van der Waals surface area contributed by atoms with Crippen molar-refractivity contribution in [2.75, 3.05) is 0 Å². The summed E-state index contributed by atoms with van der Waals surface area (Å²) in [7, 11) is 0. The quantitative estimate of drug-likeness (QED) is 0.778. The summed E-state index contributed by atoms with van der Waals surface area (Å²) >= 11 is 0. The zero-order valence-corrected chi connectivity index (χ0v) is 13.2. The fourth-order valence-electron chi connectivity index (χ4n) is 1.56. The molecule has 0 unspecified atom stereocenters. The Morgan fingerprint density at radius 2 is 1.35 bits per heavy atom. The van der Waals surface area contributed by atoms with Crippen molar-refractivity contribution in [3.8, 4) is 0 Å². The van der Waals surface area contributed by atoms with Crippen molar-refractivity contribution in [2.24, 2.45) is 16.2 Å². The lowest BCUT2D eigenvalue weighted by atomic mass is 9.76. The van der Waals surface area contributed by atoms with Gasteiger partial charge in [-0.15, -0.1) is 0 Å². The van der Waals surface area contributed by atoms with Crippen LogP contribution < -0.4 is 5.32 Å². The monoisotopic (exact) mass is 241 g/mol. The van der Waals surface area contributed by atoms with E-state index < -0.39 is 0 Å². The molecule has 1 atom stereocenters. The molecule has 0 fully saturated rings. The summed E-state index contributed by atoms with van der Waals surface area (Å²) in [5.74, 6) is 0.140. The van der Waals surface area contributed by atoms with E-state index in [0.29, 0.717) is 0 Å². The van der Waals surface area contributed by atoms with Crippen molar-refractivity contribution in [1.29, 1.82) is 0 Å². The van der Waals surface area contributed by atoms with Gasteiger partial charge in [0.2, 0.25) is 5.91 Å². The van der Waals surface area contributed by atoms with Gasteiger partial charge in [-0.1, -0.05) is 62.3 Å². The van der Waals surface area contributed by atoms with Crippen LogP contribution in [0.25, 0.3) is 0 Å². The van der Waals surface area contributed by atoms with Gasteiger partial charge in [0.1, 0.15) is 0 Å². The summed E-state index contributed by atoms with van der Waals surface area (Å²) in [5.41, 5.74) is -0.00130. The lowest BCUT2D eigenvalue weighted by Crippen LogP contribution is -2.49. The van der Waals surface area contributed by atoms with Crippen molar-refractivity contribution < 1.29 is 4.79 Å². The molecule has 1 amide bonds. The largest absolute Gasteiger partial charge is 0.352 e. The Bertz CT molecular complexity index is 260. The van der Waals surface area contributed by atoms with Crippen molar-refractivity contribution in [2.45, 2.75) is 74.8 Å². The van der Waals surface area contributed by atoms with Crippen molar-refractivity contribution in [3.63, 3.8) is 0 Å². The van der Waals surface area contributed by atoms with E-state index in [1.165, 1.54) is 0 Å². The molecule has 2 nitrogen and oxygen atoms in total. The normalized spacial score (nSPS) is 15.6. The second-order valence-corrected chi connectivity index (χ2v) is 8.41.